The quantitative estimate of drug-likeness (QED) is 0.196. The van der Waals surface area contributed by atoms with Crippen LogP contribution in [-0.4, -0.2) is 66.8 Å². The Morgan fingerprint density at radius 1 is 0.722 bits per heavy atom. The predicted molar refractivity (Wildman–Crippen MR) is 65.0 cm³/mol. The van der Waals surface area contributed by atoms with E-state index in [2.05, 4.69) is 5.32 Å². The fourth-order valence-electron chi connectivity index (χ4n) is 0.893. The lowest BCUT2D eigenvalue weighted by Gasteiger charge is -2.07. The van der Waals surface area contributed by atoms with Gasteiger partial charge in [-0.2, -0.15) is 0 Å². The molecule has 7 heteroatoms. The van der Waals surface area contributed by atoms with Crippen molar-refractivity contribution in [2.45, 2.75) is 6.92 Å². The van der Waals surface area contributed by atoms with Crippen molar-refractivity contribution in [2.75, 3.05) is 66.8 Å². The molecule has 0 saturated carbocycles. The van der Waals surface area contributed by atoms with E-state index >= 15 is 0 Å². The Bertz CT molecular complexity index is 133. The molecule has 0 aliphatic rings. The lowest BCUT2D eigenvalue weighted by Crippen LogP contribution is -2.15. The van der Waals surface area contributed by atoms with Crippen LogP contribution in [0.4, 0.5) is 0 Å². The van der Waals surface area contributed by atoms with Crippen molar-refractivity contribution < 1.29 is 28.7 Å². The van der Waals surface area contributed by atoms with E-state index in [1.807, 2.05) is 6.92 Å². The second-order valence-corrected chi connectivity index (χ2v) is 3.18. The molecule has 0 saturated heterocycles. The highest BCUT2D eigenvalue weighted by molar-refractivity contribution is 4.32. The van der Waals surface area contributed by atoms with E-state index < -0.39 is 0 Å². The third-order valence-corrected chi connectivity index (χ3v) is 1.71. The Hall–Kier alpha value is -0.280. The predicted octanol–water partition coefficient (Wildman–Crippen LogP) is 0.155. The second-order valence-electron chi connectivity index (χ2n) is 3.18. The zero-order valence-electron chi connectivity index (χ0n) is 11.3. The van der Waals surface area contributed by atoms with E-state index in [1.54, 1.807) is 7.05 Å². The standard InChI is InChI=1S/C11H25NO6/c1-3-13-11-16-7-6-14-4-5-15-8-9-17-18-10-12-2/h12H,3-11H2,1-2H3. The first kappa shape index (κ1) is 17.7. The molecule has 0 rings (SSSR count). The second kappa shape index (κ2) is 16.7. The number of ether oxygens (including phenoxy) is 4. The highest BCUT2D eigenvalue weighted by atomic mass is 17.2. The van der Waals surface area contributed by atoms with Gasteiger partial charge in [0.1, 0.15) is 20.1 Å². The van der Waals surface area contributed by atoms with Gasteiger partial charge in [0.25, 0.3) is 0 Å². The first-order valence-electron chi connectivity index (χ1n) is 6.11. The SMILES string of the molecule is CCOCOCCOCCOCCOOCNC. The molecule has 0 aliphatic heterocycles. The Labute approximate surface area is 109 Å². The van der Waals surface area contributed by atoms with Crippen LogP contribution in [0.5, 0.6) is 0 Å². The van der Waals surface area contributed by atoms with Crippen LogP contribution in [0.25, 0.3) is 0 Å². The van der Waals surface area contributed by atoms with Gasteiger partial charge in [0.05, 0.1) is 33.0 Å². The van der Waals surface area contributed by atoms with Gasteiger partial charge >= 0.3 is 0 Å². The molecule has 110 valence electrons. The molecular weight excluding hydrogens is 242 g/mol. The lowest BCUT2D eigenvalue weighted by molar-refractivity contribution is -0.302. The summed E-state index contributed by atoms with van der Waals surface area (Å²) in [6, 6.07) is 0. The highest BCUT2D eigenvalue weighted by Crippen LogP contribution is 1.83. The summed E-state index contributed by atoms with van der Waals surface area (Å²) in [7, 11) is 1.77. The van der Waals surface area contributed by atoms with E-state index in [9.17, 15) is 0 Å². The van der Waals surface area contributed by atoms with E-state index in [0.29, 0.717) is 59.8 Å². The van der Waals surface area contributed by atoms with E-state index in [1.165, 1.54) is 0 Å². The van der Waals surface area contributed by atoms with Crippen LogP contribution in [0.15, 0.2) is 0 Å². The molecule has 0 atom stereocenters. The van der Waals surface area contributed by atoms with Crippen molar-refractivity contribution in [3.05, 3.63) is 0 Å². The molecule has 0 aromatic rings. The average Bonchev–Trinajstić information content (AvgIpc) is 2.39. The highest BCUT2D eigenvalue weighted by Gasteiger charge is 1.92. The molecule has 0 radical (unpaired) electrons. The van der Waals surface area contributed by atoms with Crippen molar-refractivity contribution in [1.29, 1.82) is 0 Å². The summed E-state index contributed by atoms with van der Waals surface area (Å²) in [4.78, 5) is 9.52. The van der Waals surface area contributed by atoms with Gasteiger partial charge in [0, 0.05) is 6.61 Å². The van der Waals surface area contributed by atoms with Crippen LogP contribution in [0.2, 0.25) is 0 Å². The largest absolute Gasteiger partial charge is 0.377 e. The molecule has 0 unspecified atom stereocenters. The summed E-state index contributed by atoms with van der Waals surface area (Å²) < 4.78 is 20.6. The van der Waals surface area contributed by atoms with Crippen molar-refractivity contribution in [3.63, 3.8) is 0 Å². The third kappa shape index (κ3) is 15.7. The van der Waals surface area contributed by atoms with Gasteiger partial charge in [0.2, 0.25) is 0 Å². The molecule has 0 fully saturated rings. The first-order chi connectivity index (χ1) is 8.91. The van der Waals surface area contributed by atoms with Crippen molar-refractivity contribution in [2.24, 2.45) is 0 Å². The summed E-state index contributed by atoms with van der Waals surface area (Å²) in [5.74, 6) is 0. The number of rotatable bonds is 15. The molecule has 0 aliphatic carbocycles. The molecule has 0 aromatic carbocycles. The molecule has 0 spiro atoms. The van der Waals surface area contributed by atoms with Gasteiger partial charge in [-0.05, 0) is 14.0 Å². The third-order valence-electron chi connectivity index (χ3n) is 1.71. The van der Waals surface area contributed by atoms with Gasteiger partial charge < -0.3 is 18.9 Å². The van der Waals surface area contributed by atoms with Gasteiger partial charge in [-0.1, -0.05) is 0 Å². The van der Waals surface area contributed by atoms with Crippen molar-refractivity contribution in [3.8, 4) is 0 Å². The molecule has 1 N–H and O–H groups in total. The minimum absolute atomic E-state index is 0.320. The maximum Gasteiger partial charge on any atom is 0.146 e. The monoisotopic (exact) mass is 267 g/mol. The maximum atomic E-state index is 5.27. The summed E-state index contributed by atoms with van der Waals surface area (Å²) in [5, 5.41) is 2.78. The van der Waals surface area contributed by atoms with Crippen LogP contribution in [0, 0.1) is 0 Å². The molecular formula is C11H25NO6. The van der Waals surface area contributed by atoms with Gasteiger partial charge in [-0.15, -0.1) is 0 Å². The zero-order valence-corrected chi connectivity index (χ0v) is 11.3. The zero-order chi connectivity index (χ0) is 13.3. The number of hydrogen-bond donors (Lipinski definition) is 1. The summed E-state index contributed by atoms with van der Waals surface area (Å²) in [6.45, 7) is 6.28. The maximum absolute atomic E-state index is 5.27. The average molecular weight is 267 g/mol. The molecule has 0 heterocycles. The fourth-order valence-corrected chi connectivity index (χ4v) is 0.893. The van der Waals surface area contributed by atoms with Crippen LogP contribution in [0.3, 0.4) is 0 Å². The fraction of sp³-hybridized carbons (Fsp3) is 1.00. The lowest BCUT2D eigenvalue weighted by atomic mass is 10.7. The molecule has 0 aromatic heterocycles. The van der Waals surface area contributed by atoms with Gasteiger partial charge in [0.15, 0.2) is 0 Å². The van der Waals surface area contributed by atoms with Gasteiger partial charge in [-0.3, -0.25) is 5.32 Å². The number of hydrogen-bond acceptors (Lipinski definition) is 7. The van der Waals surface area contributed by atoms with Crippen molar-refractivity contribution >= 4 is 0 Å². The van der Waals surface area contributed by atoms with Crippen LogP contribution >= 0.6 is 0 Å². The number of nitrogens with one attached hydrogen (secondary N) is 1. The Morgan fingerprint density at radius 3 is 1.94 bits per heavy atom. The smallest absolute Gasteiger partial charge is 0.146 e. The topological polar surface area (TPSA) is 67.4 Å². The van der Waals surface area contributed by atoms with Crippen LogP contribution < -0.4 is 5.32 Å². The first-order valence-corrected chi connectivity index (χ1v) is 6.11. The van der Waals surface area contributed by atoms with E-state index in [0.717, 1.165) is 0 Å². The summed E-state index contributed by atoms with van der Waals surface area (Å²) in [5.41, 5.74) is 0. The molecule has 0 bridgehead atoms. The minimum Gasteiger partial charge on any atom is -0.377 e. The Balaban J connectivity index is 2.86. The molecule has 0 amide bonds. The van der Waals surface area contributed by atoms with E-state index in [4.69, 9.17) is 28.7 Å². The van der Waals surface area contributed by atoms with E-state index in [-0.39, 0.29) is 0 Å². The summed E-state index contributed by atoms with van der Waals surface area (Å²) in [6.07, 6.45) is 0. The molecule has 18 heavy (non-hydrogen) atoms. The molecule has 7 nitrogen and oxygen atoms in total. The Morgan fingerprint density at radius 2 is 1.33 bits per heavy atom. The summed E-state index contributed by atoms with van der Waals surface area (Å²) >= 11 is 0. The van der Waals surface area contributed by atoms with Crippen molar-refractivity contribution in [1.82, 2.24) is 5.32 Å². The van der Waals surface area contributed by atoms with Crippen LogP contribution in [0.1, 0.15) is 6.92 Å². The normalized spacial score (nSPS) is 11.0. The Kier molecular flexibility index (Phi) is 16.5. The minimum atomic E-state index is 0.320. The van der Waals surface area contributed by atoms with Gasteiger partial charge in [-0.25, -0.2) is 9.78 Å². The van der Waals surface area contributed by atoms with Crippen LogP contribution in [-0.2, 0) is 28.7 Å².